The normalized spacial score (nSPS) is 15.3. The molecule has 1 aliphatic rings. The molecule has 3 aromatic rings. The molecule has 0 radical (unpaired) electrons. The Bertz CT molecular complexity index is 957. The average Bonchev–Trinajstić information content (AvgIpc) is 3.45. The van der Waals surface area contributed by atoms with Crippen LogP contribution >= 0.6 is 0 Å². The molecule has 156 valence electrons. The van der Waals surface area contributed by atoms with Gasteiger partial charge >= 0.3 is 0 Å². The molecule has 1 aliphatic carbocycles. The van der Waals surface area contributed by atoms with E-state index in [2.05, 4.69) is 10.3 Å². The number of hydrogen-bond acceptors (Lipinski definition) is 4. The number of oxazole rings is 1. The quantitative estimate of drug-likeness (QED) is 0.504. The number of aryl methyl sites for hydroxylation is 1. The SMILES string of the molecule is O=C(CCC1CCCC1)NC(CCc1ccccc1)C(=O)c1nc2ccccc2o1. The van der Waals surface area contributed by atoms with E-state index in [0.717, 1.165) is 12.0 Å². The Morgan fingerprint density at radius 2 is 1.77 bits per heavy atom. The van der Waals surface area contributed by atoms with E-state index in [1.54, 1.807) is 6.07 Å². The standard InChI is InChI=1S/C25H28N2O3/c28-23(17-15-19-10-4-5-11-19)26-21(16-14-18-8-2-1-3-9-18)24(29)25-27-20-12-6-7-13-22(20)30-25/h1-3,6-9,12-13,19,21H,4-5,10-11,14-17H2,(H,26,28). The molecule has 4 rings (SSSR count). The van der Waals surface area contributed by atoms with E-state index in [9.17, 15) is 9.59 Å². The van der Waals surface area contributed by atoms with Crippen molar-refractivity contribution in [3.63, 3.8) is 0 Å². The van der Waals surface area contributed by atoms with E-state index < -0.39 is 6.04 Å². The van der Waals surface area contributed by atoms with Crippen molar-refractivity contribution in [3.05, 3.63) is 66.1 Å². The molecule has 5 heteroatoms. The van der Waals surface area contributed by atoms with Crippen molar-refractivity contribution in [2.75, 3.05) is 0 Å². The minimum atomic E-state index is -0.644. The van der Waals surface area contributed by atoms with Gasteiger partial charge in [0.15, 0.2) is 5.58 Å². The fraction of sp³-hybridized carbons (Fsp3) is 0.400. The molecular weight excluding hydrogens is 376 g/mol. The maximum Gasteiger partial charge on any atom is 0.266 e. The van der Waals surface area contributed by atoms with Gasteiger partial charge < -0.3 is 9.73 Å². The highest BCUT2D eigenvalue weighted by atomic mass is 16.4. The van der Waals surface area contributed by atoms with Crippen molar-refractivity contribution < 1.29 is 14.0 Å². The fourth-order valence-corrected chi connectivity index (χ4v) is 4.25. The minimum absolute atomic E-state index is 0.0605. The highest BCUT2D eigenvalue weighted by Gasteiger charge is 2.27. The molecule has 1 atom stereocenters. The summed E-state index contributed by atoms with van der Waals surface area (Å²) < 4.78 is 5.67. The van der Waals surface area contributed by atoms with Crippen LogP contribution in [0.4, 0.5) is 0 Å². The third kappa shape index (κ3) is 5.15. The van der Waals surface area contributed by atoms with Gasteiger partial charge in [0.05, 0.1) is 6.04 Å². The van der Waals surface area contributed by atoms with Gasteiger partial charge in [0.2, 0.25) is 11.7 Å². The molecule has 0 saturated heterocycles. The second-order valence-electron chi connectivity index (χ2n) is 8.18. The summed E-state index contributed by atoms with van der Waals surface area (Å²) in [4.78, 5) is 30.1. The number of amides is 1. The summed E-state index contributed by atoms with van der Waals surface area (Å²) in [6, 6.07) is 16.7. The van der Waals surface area contributed by atoms with Crippen LogP contribution in [-0.4, -0.2) is 22.7 Å². The van der Waals surface area contributed by atoms with E-state index in [0.29, 0.717) is 36.3 Å². The summed E-state index contributed by atoms with van der Waals surface area (Å²) in [7, 11) is 0. The van der Waals surface area contributed by atoms with Gasteiger partial charge in [-0.3, -0.25) is 9.59 Å². The number of para-hydroxylation sites is 2. The van der Waals surface area contributed by atoms with E-state index in [-0.39, 0.29) is 17.6 Å². The zero-order valence-corrected chi connectivity index (χ0v) is 17.2. The van der Waals surface area contributed by atoms with Crippen molar-refractivity contribution in [1.29, 1.82) is 0 Å². The Morgan fingerprint density at radius 3 is 2.53 bits per heavy atom. The molecule has 1 unspecified atom stereocenters. The second-order valence-corrected chi connectivity index (χ2v) is 8.18. The number of carbonyl (C=O) groups is 2. The monoisotopic (exact) mass is 404 g/mol. The molecule has 2 aromatic carbocycles. The van der Waals surface area contributed by atoms with Gasteiger partial charge in [-0.05, 0) is 42.9 Å². The maximum absolute atomic E-state index is 13.2. The van der Waals surface area contributed by atoms with Gasteiger partial charge in [0.1, 0.15) is 5.52 Å². The third-order valence-corrected chi connectivity index (χ3v) is 5.98. The van der Waals surface area contributed by atoms with E-state index in [1.165, 1.54) is 25.7 Å². The zero-order valence-electron chi connectivity index (χ0n) is 17.2. The molecule has 1 N–H and O–H groups in total. The molecule has 5 nitrogen and oxygen atoms in total. The van der Waals surface area contributed by atoms with E-state index in [1.807, 2.05) is 48.5 Å². The number of aromatic nitrogens is 1. The lowest BCUT2D eigenvalue weighted by molar-refractivity contribution is -0.121. The molecule has 0 aliphatic heterocycles. The highest BCUT2D eigenvalue weighted by molar-refractivity contribution is 6.00. The van der Waals surface area contributed by atoms with Crippen LogP contribution in [0.3, 0.4) is 0 Å². The number of hydrogen-bond donors (Lipinski definition) is 1. The molecule has 1 saturated carbocycles. The van der Waals surface area contributed by atoms with Crippen molar-refractivity contribution in [1.82, 2.24) is 10.3 Å². The third-order valence-electron chi connectivity index (χ3n) is 5.98. The number of rotatable bonds is 9. The predicted molar refractivity (Wildman–Crippen MR) is 116 cm³/mol. The van der Waals surface area contributed by atoms with Crippen LogP contribution in [-0.2, 0) is 11.2 Å². The van der Waals surface area contributed by atoms with Crippen molar-refractivity contribution in [3.8, 4) is 0 Å². The lowest BCUT2D eigenvalue weighted by Gasteiger charge is -2.17. The van der Waals surface area contributed by atoms with Crippen molar-refractivity contribution >= 4 is 22.8 Å². The van der Waals surface area contributed by atoms with Gasteiger partial charge in [-0.15, -0.1) is 0 Å². The first kappa shape index (κ1) is 20.3. The lowest BCUT2D eigenvalue weighted by Crippen LogP contribution is -2.41. The van der Waals surface area contributed by atoms with Gasteiger partial charge in [0.25, 0.3) is 5.89 Å². The maximum atomic E-state index is 13.2. The zero-order chi connectivity index (χ0) is 20.8. The molecule has 1 fully saturated rings. The Kier molecular flexibility index (Phi) is 6.57. The topological polar surface area (TPSA) is 72.2 Å². The smallest absolute Gasteiger partial charge is 0.266 e. The highest BCUT2D eigenvalue weighted by Crippen LogP contribution is 2.28. The van der Waals surface area contributed by atoms with Crippen LogP contribution in [0.25, 0.3) is 11.1 Å². The molecule has 0 spiro atoms. The largest absolute Gasteiger partial charge is 0.434 e. The number of benzene rings is 2. The van der Waals surface area contributed by atoms with Crippen molar-refractivity contribution in [2.45, 2.75) is 57.4 Å². The fourth-order valence-electron chi connectivity index (χ4n) is 4.25. The van der Waals surface area contributed by atoms with Gasteiger partial charge in [-0.25, -0.2) is 4.98 Å². The van der Waals surface area contributed by atoms with Gasteiger partial charge in [0, 0.05) is 6.42 Å². The first-order valence-electron chi connectivity index (χ1n) is 10.9. The first-order chi connectivity index (χ1) is 14.7. The van der Waals surface area contributed by atoms with Crippen LogP contribution in [0.15, 0.2) is 59.0 Å². The lowest BCUT2D eigenvalue weighted by atomic mass is 10.00. The van der Waals surface area contributed by atoms with Crippen LogP contribution in [0.2, 0.25) is 0 Å². The number of nitrogens with one attached hydrogen (secondary N) is 1. The number of carbonyl (C=O) groups excluding carboxylic acids is 2. The van der Waals surface area contributed by atoms with Crippen LogP contribution in [0.5, 0.6) is 0 Å². The summed E-state index contributed by atoms with van der Waals surface area (Å²) in [5, 5.41) is 2.97. The van der Waals surface area contributed by atoms with Gasteiger partial charge in [-0.1, -0.05) is 68.1 Å². The first-order valence-corrected chi connectivity index (χ1v) is 10.9. The summed E-state index contributed by atoms with van der Waals surface area (Å²) in [5.74, 6) is 0.373. The van der Waals surface area contributed by atoms with Crippen LogP contribution < -0.4 is 5.32 Å². The number of nitrogens with zero attached hydrogens (tertiary/aromatic N) is 1. The number of Topliss-reactive ketones (excluding diaryl/α,β-unsaturated/α-hetero) is 1. The van der Waals surface area contributed by atoms with Crippen LogP contribution in [0, 0.1) is 5.92 Å². The van der Waals surface area contributed by atoms with E-state index >= 15 is 0 Å². The minimum Gasteiger partial charge on any atom is -0.434 e. The Balaban J connectivity index is 1.45. The Hall–Kier alpha value is -2.95. The summed E-state index contributed by atoms with van der Waals surface area (Å²) in [6.45, 7) is 0. The molecule has 1 heterocycles. The predicted octanol–water partition coefficient (Wildman–Crippen LogP) is 5.10. The van der Waals surface area contributed by atoms with Crippen molar-refractivity contribution in [2.24, 2.45) is 5.92 Å². The number of ketones is 1. The molecular formula is C25H28N2O3. The Morgan fingerprint density at radius 1 is 1.03 bits per heavy atom. The summed E-state index contributed by atoms with van der Waals surface area (Å²) >= 11 is 0. The van der Waals surface area contributed by atoms with E-state index in [4.69, 9.17) is 4.42 Å². The van der Waals surface area contributed by atoms with Crippen LogP contribution in [0.1, 0.15) is 61.2 Å². The number of fused-ring (bicyclic) bond motifs is 1. The second kappa shape index (κ2) is 9.70. The average molecular weight is 405 g/mol. The van der Waals surface area contributed by atoms with Gasteiger partial charge in [-0.2, -0.15) is 0 Å². The summed E-state index contributed by atoms with van der Waals surface area (Å²) in [5.41, 5.74) is 2.36. The molecule has 0 bridgehead atoms. The summed E-state index contributed by atoms with van der Waals surface area (Å²) in [6.07, 6.45) is 7.53. The molecule has 1 aromatic heterocycles. The Labute approximate surface area is 176 Å². The molecule has 30 heavy (non-hydrogen) atoms. The molecule has 1 amide bonds.